The molecule has 1 fully saturated rings. The molecule has 7 nitrogen and oxygen atoms in total. The lowest BCUT2D eigenvalue weighted by atomic mass is 10.2. The molecule has 0 aliphatic carbocycles. The van der Waals surface area contributed by atoms with Crippen LogP contribution in [0.3, 0.4) is 0 Å². The van der Waals surface area contributed by atoms with E-state index in [4.69, 9.17) is 4.74 Å². The van der Waals surface area contributed by atoms with Crippen LogP contribution in [0.1, 0.15) is 18.4 Å². The number of benzene rings is 1. The summed E-state index contributed by atoms with van der Waals surface area (Å²) in [6.07, 6.45) is -3.04. The van der Waals surface area contributed by atoms with Crippen LogP contribution in [0.2, 0.25) is 0 Å². The second-order valence-corrected chi connectivity index (χ2v) is 8.55. The van der Waals surface area contributed by atoms with Gasteiger partial charge in [0, 0.05) is 17.6 Å². The highest BCUT2D eigenvalue weighted by Crippen LogP contribution is 2.40. The van der Waals surface area contributed by atoms with Crippen molar-refractivity contribution in [2.75, 3.05) is 6.61 Å². The lowest BCUT2D eigenvalue weighted by molar-refractivity contribution is -0.388. The minimum Gasteiger partial charge on any atom is -0.376 e. The van der Waals surface area contributed by atoms with E-state index in [9.17, 15) is 23.3 Å². The fraction of sp³-hybridized carbons (Fsp3) is 0.333. The molecule has 2 aromatic heterocycles. The zero-order chi connectivity index (χ0) is 21.3. The van der Waals surface area contributed by atoms with Gasteiger partial charge in [0.1, 0.15) is 5.56 Å². The first kappa shape index (κ1) is 20.8. The van der Waals surface area contributed by atoms with Crippen molar-refractivity contribution in [1.82, 2.24) is 14.8 Å². The van der Waals surface area contributed by atoms with Crippen molar-refractivity contribution in [3.63, 3.8) is 0 Å². The zero-order valence-corrected chi connectivity index (χ0v) is 17.0. The average molecular weight is 456 g/mol. The molecule has 0 unspecified atom stereocenters. The van der Waals surface area contributed by atoms with Crippen molar-refractivity contribution >= 4 is 28.8 Å². The van der Waals surface area contributed by atoms with E-state index < -0.39 is 22.4 Å². The predicted molar refractivity (Wildman–Crippen MR) is 105 cm³/mol. The summed E-state index contributed by atoms with van der Waals surface area (Å²) in [5.74, 6) is 0.612. The Balaban J connectivity index is 1.70. The van der Waals surface area contributed by atoms with Crippen LogP contribution < -0.4 is 0 Å². The van der Waals surface area contributed by atoms with Gasteiger partial charge in [-0.15, -0.1) is 21.5 Å². The van der Waals surface area contributed by atoms with Gasteiger partial charge in [-0.2, -0.15) is 13.2 Å². The fourth-order valence-corrected chi connectivity index (χ4v) is 4.77. The minimum atomic E-state index is -4.84. The van der Waals surface area contributed by atoms with Crippen LogP contribution in [0.5, 0.6) is 0 Å². The maximum absolute atomic E-state index is 13.3. The highest BCUT2D eigenvalue weighted by atomic mass is 32.2. The van der Waals surface area contributed by atoms with Crippen LogP contribution in [0.4, 0.5) is 18.9 Å². The molecule has 0 N–H and O–H groups in total. The molecule has 1 aliphatic heterocycles. The number of hydrogen-bond donors (Lipinski definition) is 0. The number of thiophene rings is 1. The molecule has 0 spiro atoms. The first-order chi connectivity index (χ1) is 14.3. The average Bonchev–Trinajstić information content (AvgIpc) is 3.44. The molecule has 4 rings (SSSR count). The second kappa shape index (κ2) is 8.36. The third-order valence-corrected chi connectivity index (χ3v) is 6.39. The van der Waals surface area contributed by atoms with Gasteiger partial charge < -0.3 is 4.74 Å². The molecule has 1 aromatic carbocycles. The van der Waals surface area contributed by atoms with Gasteiger partial charge in [0.15, 0.2) is 11.0 Å². The molecule has 12 heteroatoms. The molecule has 0 bridgehead atoms. The van der Waals surface area contributed by atoms with Gasteiger partial charge in [-0.1, -0.05) is 6.07 Å². The molecule has 1 aliphatic rings. The fourth-order valence-electron chi connectivity index (χ4n) is 3.18. The Labute approximate surface area is 177 Å². The zero-order valence-electron chi connectivity index (χ0n) is 15.3. The van der Waals surface area contributed by atoms with Gasteiger partial charge >= 0.3 is 6.18 Å². The Morgan fingerprint density at radius 3 is 2.80 bits per heavy atom. The van der Waals surface area contributed by atoms with Crippen molar-refractivity contribution in [3.05, 3.63) is 51.4 Å². The highest BCUT2D eigenvalue weighted by Gasteiger charge is 2.38. The van der Waals surface area contributed by atoms with Gasteiger partial charge in [-0.25, -0.2) is 0 Å². The van der Waals surface area contributed by atoms with E-state index >= 15 is 0 Å². The minimum absolute atomic E-state index is 0.0262. The van der Waals surface area contributed by atoms with Gasteiger partial charge in [-0.3, -0.25) is 14.7 Å². The van der Waals surface area contributed by atoms with Crippen LogP contribution >= 0.6 is 23.1 Å². The summed E-state index contributed by atoms with van der Waals surface area (Å²) in [5.41, 5.74) is -2.27. The maximum Gasteiger partial charge on any atom is 0.423 e. The van der Waals surface area contributed by atoms with Gasteiger partial charge in [0.2, 0.25) is 0 Å². The van der Waals surface area contributed by atoms with E-state index in [1.165, 1.54) is 17.4 Å². The molecule has 3 aromatic rings. The summed E-state index contributed by atoms with van der Waals surface area (Å²) in [6.45, 7) is 1.14. The molecule has 3 heterocycles. The summed E-state index contributed by atoms with van der Waals surface area (Å²) in [4.78, 5) is 11.0. The summed E-state index contributed by atoms with van der Waals surface area (Å²) in [5, 5.41) is 21.7. The SMILES string of the molecule is O=[N+]([O-])c1ccc(Sc2nnc(-c3cccs3)n2C[C@H]2CCCO2)cc1C(F)(F)F. The summed E-state index contributed by atoms with van der Waals surface area (Å²) in [7, 11) is 0. The molecule has 1 saturated heterocycles. The number of rotatable bonds is 6. The smallest absolute Gasteiger partial charge is 0.376 e. The van der Waals surface area contributed by atoms with E-state index in [0.717, 1.165) is 41.6 Å². The van der Waals surface area contributed by atoms with Crippen molar-refractivity contribution in [1.29, 1.82) is 0 Å². The van der Waals surface area contributed by atoms with Crippen LogP contribution in [0.25, 0.3) is 10.7 Å². The number of nitro benzene ring substituents is 1. The Morgan fingerprint density at radius 1 is 1.33 bits per heavy atom. The predicted octanol–water partition coefficient (Wildman–Crippen LogP) is 5.26. The molecule has 1 atom stereocenters. The largest absolute Gasteiger partial charge is 0.423 e. The van der Waals surface area contributed by atoms with E-state index in [0.29, 0.717) is 24.1 Å². The maximum atomic E-state index is 13.3. The highest BCUT2D eigenvalue weighted by molar-refractivity contribution is 7.99. The normalized spacial score (nSPS) is 16.8. The summed E-state index contributed by atoms with van der Waals surface area (Å²) < 4.78 is 47.5. The summed E-state index contributed by atoms with van der Waals surface area (Å²) in [6, 6.07) is 6.70. The van der Waals surface area contributed by atoms with Crippen molar-refractivity contribution in [2.24, 2.45) is 0 Å². The van der Waals surface area contributed by atoms with Gasteiger partial charge in [-0.05, 0) is 48.2 Å². The van der Waals surface area contributed by atoms with Crippen LogP contribution in [0.15, 0.2) is 45.8 Å². The number of hydrogen-bond acceptors (Lipinski definition) is 7. The van der Waals surface area contributed by atoms with E-state index in [-0.39, 0.29) is 11.0 Å². The molecule has 0 amide bonds. The lowest BCUT2D eigenvalue weighted by Crippen LogP contribution is -2.16. The quantitative estimate of drug-likeness (QED) is 0.372. The molecular weight excluding hydrogens is 441 g/mol. The first-order valence-corrected chi connectivity index (χ1v) is 10.6. The monoisotopic (exact) mass is 456 g/mol. The van der Waals surface area contributed by atoms with E-state index in [2.05, 4.69) is 10.2 Å². The molecular formula is C18H15F3N4O3S2. The Bertz CT molecular complexity index is 1050. The number of aromatic nitrogens is 3. The third-order valence-electron chi connectivity index (χ3n) is 4.55. The van der Waals surface area contributed by atoms with Gasteiger partial charge in [0.25, 0.3) is 5.69 Å². The van der Waals surface area contributed by atoms with Crippen molar-refractivity contribution in [2.45, 2.75) is 41.7 Å². The number of alkyl halides is 3. The number of nitrogens with zero attached hydrogens (tertiary/aromatic N) is 4. The third kappa shape index (κ3) is 4.35. The number of halogens is 3. The van der Waals surface area contributed by atoms with E-state index in [1.54, 1.807) is 0 Å². The van der Waals surface area contributed by atoms with E-state index in [1.807, 2.05) is 22.1 Å². The van der Waals surface area contributed by atoms with Gasteiger partial charge in [0.05, 0.1) is 22.4 Å². The summed E-state index contributed by atoms with van der Waals surface area (Å²) >= 11 is 2.46. The molecule has 0 radical (unpaired) electrons. The molecule has 158 valence electrons. The van der Waals surface area contributed by atoms with Crippen LogP contribution in [-0.4, -0.2) is 32.4 Å². The van der Waals surface area contributed by atoms with Crippen LogP contribution in [0, 0.1) is 10.1 Å². The molecule has 30 heavy (non-hydrogen) atoms. The lowest BCUT2D eigenvalue weighted by Gasteiger charge is -2.14. The van der Waals surface area contributed by atoms with Crippen molar-refractivity contribution < 1.29 is 22.8 Å². The number of ether oxygens (including phenoxy) is 1. The Hall–Kier alpha value is -2.44. The Morgan fingerprint density at radius 2 is 2.17 bits per heavy atom. The first-order valence-electron chi connectivity index (χ1n) is 8.95. The van der Waals surface area contributed by atoms with Crippen LogP contribution in [-0.2, 0) is 17.5 Å². The standard InChI is InChI=1S/C18H15F3N4O3S2/c19-18(20,21)13-9-12(5-6-14(13)25(26)27)30-17-23-22-16(15-4-2-8-29-15)24(17)10-11-3-1-7-28-11/h2,4-6,8-9,11H,1,3,7,10H2/t11-/m1/s1. The molecule has 0 saturated carbocycles. The number of nitro groups is 1. The van der Waals surface area contributed by atoms with Crippen molar-refractivity contribution in [3.8, 4) is 10.7 Å². The topological polar surface area (TPSA) is 83.1 Å². The Kier molecular flexibility index (Phi) is 5.80. The second-order valence-electron chi connectivity index (χ2n) is 6.57.